The van der Waals surface area contributed by atoms with Gasteiger partial charge in [-0.25, -0.2) is 4.63 Å². The topological polar surface area (TPSA) is 117 Å². The molecule has 10 heteroatoms. The summed E-state index contributed by atoms with van der Waals surface area (Å²) in [5.74, 6) is 3.17. The van der Waals surface area contributed by atoms with Gasteiger partial charge < -0.3 is 29.6 Å². The van der Waals surface area contributed by atoms with Gasteiger partial charge in [-0.1, -0.05) is 12.1 Å². The number of Topliss-reactive ketones (excluding diaryl/α,β-unsaturated/α-hetero) is 1. The molecular formula is C25H26N4O6. The molecule has 0 saturated heterocycles. The maximum absolute atomic E-state index is 13.7. The Morgan fingerprint density at radius 1 is 0.857 bits per heavy atom. The molecular weight excluding hydrogens is 452 g/mol. The molecule has 0 spiro atoms. The van der Waals surface area contributed by atoms with Crippen LogP contribution < -0.4 is 29.6 Å². The fraction of sp³-hybridized carbons (Fsp3) is 0.320. The highest BCUT2D eigenvalue weighted by Gasteiger charge is 2.39. The minimum atomic E-state index is -0.579. The Bertz CT molecular complexity index is 1280. The number of nitrogens with one attached hydrogen (secondary N) is 2. The maximum atomic E-state index is 13.7. The molecule has 0 radical (unpaired) electrons. The van der Waals surface area contributed by atoms with Crippen molar-refractivity contribution in [2.45, 2.75) is 24.8 Å². The lowest BCUT2D eigenvalue weighted by Crippen LogP contribution is -2.27. The van der Waals surface area contributed by atoms with Crippen LogP contribution in [-0.2, 0) is 4.79 Å². The first-order valence-corrected chi connectivity index (χ1v) is 11.1. The summed E-state index contributed by atoms with van der Waals surface area (Å²) in [5.41, 5.74) is 3.11. The van der Waals surface area contributed by atoms with Crippen LogP contribution in [0.3, 0.4) is 0 Å². The molecule has 0 saturated carbocycles. The normalized spacial score (nSPS) is 19.0. The lowest BCUT2D eigenvalue weighted by Gasteiger charge is -2.30. The summed E-state index contributed by atoms with van der Waals surface area (Å²) < 4.78 is 26.9. The molecule has 2 heterocycles. The van der Waals surface area contributed by atoms with Gasteiger partial charge in [-0.15, -0.1) is 0 Å². The summed E-state index contributed by atoms with van der Waals surface area (Å²) >= 11 is 0. The van der Waals surface area contributed by atoms with Gasteiger partial charge in [0.15, 0.2) is 17.3 Å². The molecule has 1 aromatic heterocycles. The number of carbonyl (C=O) groups is 1. The summed E-state index contributed by atoms with van der Waals surface area (Å²) in [5, 5.41) is 14.6. The third-order valence-electron chi connectivity index (χ3n) is 6.47. The van der Waals surface area contributed by atoms with E-state index in [-0.39, 0.29) is 11.7 Å². The van der Waals surface area contributed by atoms with Crippen LogP contribution in [0.5, 0.6) is 23.0 Å². The van der Waals surface area contributed by atoms with Crippen molar-refractivity contribution in [2.24, 2.45) is 0 Å². The number of allylic oxidation sites excluding steroid dienone is 1. The quantitative estimate of drug-likeness (QED) is 0.537. The number of fused-ring (bicyclic) bond motifs is 1. The number of anilines is 2. The molecule has 1 aliphatic carbocycles. The molecule has 5 rings (SSSR count). The van der Waals surface area contributed by atoms with E-state index in [1.165, 1.54) is 0 Å². The Hall–Kier alpha value is -4.21. The van der Waals surface area contributed by atoms with Gasteiger partial charge in [-0.05, 0) is 46.4 Å². The number of hydrogen-bond donors (Lipinski definition) is 2. The van der Waals surface area contributed by atoms with Crippen molar-refractivity contribution in [2.75, 3.05) is 39.1 Å². The zero-order chi connectivity index (χ0) is 24.5. The highest BCUT2D eigenvalue weighted by atomic mass is 16.6. The Labute approximate surface area is 202 Å². The van der Waals surface area contributed by atoms with Crippen LogP contribution in [0.2, 0.25) is 0 Å². The van der Waals surface area contributed by atoms with E-state index in [9.17, 15) is 4.79 Å². The Balaban J connectivity index is 1.61. The van der Waals surface area contributed by atoms with Gasteiger partial charge in [-0.2, -0.15) is 0 Å². The summed E-state index contributed by atoms with van der Waals surface area (Å²) in [6.07, 6.45) is 0.962. The largest absolute Gasteiger partial charge is 0.497 e. The molecule has 1 aliphatic heterocycles. The third kappa shape index (κ3) is 4.01. The number of benzene rings is 2. The highest BCUT2D eigenvalue weighted by Crippen LogP contribution is 2.47. The summed E-state index contributed by atoms with van der Waals surface area (Å²) in [7, 11) is 6.32. The second-order valence-corrected chi connectivity index (χ2v) is 8.31. The standard InChI is InChI=1S/C25H26N4O6/c1-31-15-7-5-13(6-8-15)14-9-17-22(18(30)10-14)23(27-25-24(26-17)28-35-29-25)16-11-20(33-3)21(34-4)12-19(16)32-2/h5-8,11-12,14,23H,9-10H2,1-4H3,(H,26,28)(H,27,29)/t14-,23-/m0/s1. The van der Waals surface area contributed by atoms with Crippen molar-refractivity contribution < 1.29 is 28.4 Å². The molecule has 35 heavy (non-hydrogen) atoms. The number of ketones is 1. The van der Waals surface area contributed by atoms with Crippen molar-refractivity contribution in [3.05, 3.63) is 58.8 Å². The van der Waals surface area contributed by atoms with Gasteiger partial charge >= 0.3 is 0 Å². The van der Waals surface area contributed by atoms with E-state index < -0.39 is 6.04 Å². The Morgan fingerprint density at radius 3 is 2.23 bits per heavy atom. The van der Waals surface area contributed by atoms with E-state index >= 15 is 0 Å². The molecule has 3 aromatic rings. The fourth-order valence-corrected chi connectivity index (χ4v) is 4.72. The van der Waals surface area contributed by atoms with Gasteiger partial charge in [0, 0.05) is 29.3 Å². The monoisotopic (exact) mass is 478 g/mol. The van der Waals surface area contributed by atoms with E-state index in [1.54, 1.807) is 40.6 Å². The number of ether oxygens (including phenoxy) is 4. The summed E-state index contributed by atoms with van der Waals surface area (Å²) in [4.78, 5) is 13.7. The minimum Gasteiger partial charge on any atom is -0.497 e. The molecule has 2 N–H and O–H groups in total. The van der Waals surface area contributed by atoms with E-state index in [2.05, 4.69) is 20.9 Å². The molecule has 0 unspecified atom stereocenters. The number of carbonyl (C=O) groups excluding carboxylic acids is 1. The van der Waals surface area contributed by atoms with Gasteiger partial charge in [-0.3, -0.25) is 4.79 Å². The lowest BCUT2D eigenvalue weighted by molar-refractivity contribution is -0.116. The summed E-state index contributed by atoms with van der Waals surface area (Å²) in [6, 6.07) is 10.8. The smallest absolute Gasteiger partial charge is 0.219 e. The zero-order valence-corrected chi connectivity index (χ0v) is 19.9. The van der Waals surface area contributed by atoms with Crippen LogP contribution >= 0.6 is 0 Å². The second-order valence-electron chi connectivity index (χ2n) is 8.31. The van der Waals surface area contributed by atoms with Crippen LogP contribution in [0, 0.1) is 0 Å². The molecule has 0 fully saturated rings. The summed E-state index contributed by atoms with van der Waals surface area (Å²) in [6.45, 7) is 0. The molecule has 0 amide bonds. The van der Waals surface area contributed by atoms with E-state index in [1.807, 2.05) is 24.3 Å². The van der Waals surface area contributed by atoms with Crippen LogP contribution in [0.1, 0.15) is 35.9 Å². The van der Waals surface area contributed by atoms with Gasteiger partial charge in [0.2, 0.25) is 11.6 Å². The number of hydrogen-bond acceptors (Lipinski definition) is 10. The fourth-order valence-electron chi connectivity index (χ4n) is 4.72. The van der Waals surface area contributed by atoms with Crippen LogP contribution in [-0.4, -0.2) is 44.5 Å². The predicted octanol–water partition coefficient (Wildman–Crippen LogP) is 4.08. The highest BCUT2D eigenvalue weighted by molar-refractivity contribution is 6.01. The molecule has 2 aliphatic rings. The molecule has 0 bridgehead atoms. The van der Waals surface area contributed by atoms with Gasteiger partial charge in [0.25, 0.3) is 0 Å². The van der Waals surface area contributed by atoms with Crippen molar-refractivity contribution in [3.8, 4) is 23.0 Å². The molecule has 10 nitrogen and oxygen atoms in total. The minimum absolute atomic E-state index is 0.00554. The zero-order valence-electron chi connectivity index (χ0n) is 19.9. The van der Waals surface area contributed by atoms with E-state index in [0.29, 0.717) is 52.9 Å². The van der Waals surface area contributed by atoms with Gasteiger partial charge in [0.1, 0.15) is 11.5 Å². The Morgan fingerprint density at radius 2 is 1.54 bits per heavy atom. The van der Waals surface area contributed by atoms with Crippen LogP contribution in [0.15, 0.2) is 52.3 Å². The van der Waals surface area contributed by atoms with E-state index in [4.69, 9.17) is 23.6 Å². The average molecular weight is 479 g/mol. The van der Waals surface area contributed by atoms with Crippen LogP contribution in [0.25, 0.3) is 0 Å². The second kappa shape index (κ2) is 9.21. The molecule has 182 valence electrons. The lowest BCUT2D eigenvalue weighted by atomic mass is 9.78. The van der Waals surface area contributed by atoms with Crippen molar-refractivity contribution in [3.63, 3.8) is 0 Å². The number of rotatable bonds is 6. The van der Waals surface area contributed by atoms with Gasteiger partial charge in [0.05, 0.1) is 34.5 Å². The van der Waals surface area contributed by atoms with Crippen LogP contribution in [0.4, 0.5) is 11.6 Å². The Kier molecular flexibility index (Phi) is 5.94. The molecule has 2 aromatic carbocycles. The van der Waals surface area contributed by atoms with E-state index in [0.717, 1.165) is 17.0 Å². The number of methoxy groups -OCH3 is 4. The van der Waals surface area contributed by atoms with Crippen molar-refractivity contribution in [1.82, 2.24) is 10.3 Å². The predicted molar refractivity (Wildman–Crippen MR) is 127 cm³/mol. The van der Waals surface area contributed by atoms with Crippen molar-refractivity contribution >= 4 is 17.4 Å². The third-order valence-corrected chi connectivity index (χ3v) is 6.47. The number of aromatic nitrogens is 2. The van der Waals surface area contributed by atoms with Crippen molar-refractivity contribution in [1.29, 1.82) is 0 Å². The SMILES string of the molecule is COc1ccc([C@@H]2CC(=O)C3=C(C2)Nc2nonc2N[C@H]3c2cc(OC)c(OC)cc2OC)cc1. The first kappa shape index (κ1) is 22.6. The maximum Gasteiger partial charge on any atom is 0.219 e. The molecule has 2 atom stereocenters. The number of nitrogens with zero attached hydrogens (tertiary/aromatic N) is 2. The first-order valence-electron chi connectivity index (χ1n) is 11.1. The average Bonchev–Trinajstić information content (AvgIpc) is 3.26. The first-order chi connectivity index (χ1) is 17.1.